The van der Waals surface area contributed by atoms with Crippen LogP contribution in [0.3, 0.4) is 0 Å². The Labute approximate surface area is 156 Å². The molecular weight excluding hydrogens is 312 g/mol. The number of carbonyl (C=O) groups excluding carboxylic acids is 2. The number of hydrogen-bond donors (Lipinski definition) is 0. The Morgan fingerprint density at radius 2 is 1.16 bits per heavy atom. The summed E-state index contributed by atoms with van der Waals surface area (Å²) in [6.07, 6.45) is 22.1. The molecule has 0 aromatic carbocycles. The molecule has 0 aliphatic heterocycles. The number of aldehydes is 1. The van der Waals surface area contributed by atoms with Crippen LogP contribution in [-0.4, -0.2) is 19.4 Å². The highest BCUT2D eigenvalue weighted by Crippen LogP contribution is 2.19. The van der Waals surface area contributed by atoms with E-state index in [1.165, 1.54) is 96.3 Å². The van der Waals surface area contributed by atoms with Crippen molar-refractivity contribution in [1.82, 2.24) is 0 Å². The van der Waals surface area contributed by atoms with Gasteiger partial charge in [0, 0.05) is 6.42 Å². The van der Waals surface area contributed by atoms with Crippen LogP contribution < -0.4 is 0 Å². The van der Waals surface area contributed by atoms with Crippen LogP contribution >= 0.6 is 0 Å². The molecule has 0 aromatic heterocycles. The lowest BCUT2D eigenvalue weighted by Gasteiger charge is -2.15. The Kier molecular flexibility index (Phi) is 20.5. The molecule has 0 spiro atoms. The zero-order chi connectivity index (χ0) is 18.4. The number of hydrogen-bond acceptors (Lipinski definition) is 3. The summed E-state index contributed by atoms with van der Waals surface area (Å²) in [6.45, 7) is 3.45. The van der Waals surface area contributed by atoms with Gasteiger partial charge < -0.3 is 9.53 Å². The van der Waals surface area contributed by atoms with Gasteiger partial charge in [0.1, 0.15) is 6.29 Å². The topological polar surface area (TPSA) is 43.4 Å². The van der Waals surface area contributed by atoms with Crippen molar-refractivity contribution < 1.29 is 14.3 Å². The molecule has 0 fully saturated rings. The van der Waals surface area contributed by atoms with Crippen molar-refractivity contribution in [1.29, 1.82) is 0 Å². The predicted octanol–water partition coefficient (Wildman–Crippen LogP) is 6.63. The molecule has 1 unspecified atom stereocenters. The van der Waals surface area contributed by atoms with Crippen LogP contribution in [-0.2, 0) is 14.3 Å². The molecule has 0 saturated heterocycles. The van der Waals surface area contributed by atoms with Crippen LogP contribution in [0.25, 0.3) is 0 Å². The molecular formula is C22H42O3. The third-order valence-electron chi connectivity index (χ3n) is 5.05. The molecule has 1 atom stereocenters. The smallest absolute Gasteiger partial charge is 0.293 e. The van der Waals surface area contributed by atoms with Crippen LogP contribution in [0.1, 0.15) is 116 Å². The molecule has 0 radical (unpaired) electrons. The Balaban J connectivity index is 3.57. The minimum Gasteiger partial charge on any atom is -0.468 e. The van der Waals surface area contributed by atoms with E-state index in [1.54, 1.807) is 0 Å². The fourth-order valence-corrected chi connectivity index (χ4v) is 3.42. The maximum atomic E-state index is 10.5. The molecule has 0 aromatic rings. The molecule has 0 aliphatic rings. The number of carbonyl (C=O) groups is 2. The van der Waals surface area contributed by atoms with E-state index in [-0.39, 0.29) is 0 Å². The number of unbranched alkanes of at least 4 members (excludes halogenated alkanes) is 13. The van der Waals surface area contributed by atoms with Crippen molar-refractivity contribution in [3.05, 3.63) is 0 Å². The van der Waals surface area contributed by atoms with Crippen molar-refractivity contribution in [2.45, 2.75) is 116 Å². The highest BCUT2D eigenvalue weighted by molar-refractivity contribution is 5.48. The van der Waals surface area contributed by atoms with Gasteiger partial charge in [0.05, 0.1) is 6.61 Å². The fourth-order valence-electron chi connectivity index (χ4n) is 3.42. The molecule has 0 aliphatic carbocycles. The maximum absolute atomic E-state index is 10.5. The normalized spacial score (nSPS) is 12.0. The van der Waals surface area contributed by atoms with E-state index in [1.807, 2.05) is 0 Å². The molecule has 0 bridgehead atoms. The van der Waals surface area contributed by atoms with Gasteiger partial charge in [-0.05, 0) is 25.2 Å². The van der Waals surface area contributed by atoms with E-state index in [9.17, 15) is 9.59 Å². The second-order valence-electron chi connectivity index (χ2n) is 7.42. The standard InChI is InChI=1S/C22H42O3/c1-2-3-4-5-6-8-11-14-17-22(20-25-21-24)18-15-12-9-7-10-13-16-19-23/h19,21-22H,2-18,20H2,1H3. The summed E-state index contributed by atoms with van der Waals surface area (Å²) in [5.74, 6) is 0.542. The zero-order valence-corrected chi connectivity index (χ0v) is 16.7. The molecule has 0 amide bonds. The minimum absolute atomic E-state index is 0.542. The van der Waals surface area contributed by atoms with Gasteiger partial charge >= 0.3 is 0 Å². The van der Waals surface area contributed by atoms with E-state index >= 15 is 0 Å². The first-order valence-electron chi connectivity index (χ1n) is 10.8. The first-order valence-corrected chi connectivity index (χ1v) is 10.8. The quantitative estimate of drug-likeness (QED) is 0.172. The second kappa shape index (κ2) is 21.2. The molecule has 0 rings (SSSR count). The Morgan fingerprint density at radius 3 is 1.64 bits per heavy atom. The summed E-state index contributed by atoms with van der Waals surface area (Å²) in [5.41, 5.74) is 0. The first kappa shape index (κ1) is 24.1. The van der Waals surface area contributed by atoms with Gasteiger partial charge in [0.2, 0.25) is 0 Å². The van der Waals surface area contributed by atoms with E-state index < -0.39 is 0 Å². The third-order valence-corrected chi connectivity index (χ3v) is 5.05. The van der Waals surface area contributed by atoms with Crippen molar-refractivity contribution in [2.24, 2.45) is 5.92 Å². The third kappa shape index (κ3) is 19.3. The first-order chi connectivity index (χ1) is 12.3. The molecule has 0 heterocycles. The van der Waals surface area contributed by atoms with Crippen LogP contribution in [0.2, 0.25) is 0 Å². The predicted molar refractivity (Wildman–Crippen MR) is 106 cm³/mol. The molecule has 3 nitrogen and oxygen atoms in total. The monoisotopic (exact) mass is 354 g/mol. The van der Waals surface area contributed by atoms with Crippen molar-refractivity contribution in [2.75, 3.05) is 6.61 Å². The lowest BCUT2D eigenvalue weighted by Crippen LogP contribution is -2.09. The summed E-state index contributed by atoms with van der Waals surface area (Å²) >= 11 is 0. The summed E-state index contributed by atoms with van der Waals surface area (Å²) < 4.78 is 5.03. The number of rotatable bonds is 21. The van der Waals surface area contributed by atoms with Crippen LogP contribution in [0.5, 0.6) is 0 Å². The van der Waals surface area contributed by atoms with Gasteiger partial charge in [-0.2, -0.15) is 0 Å². The van der Waals surface area contributed by atoms with Crippen LogP contribution in [0.15, 0.2) is 0 Å². The summed E-state index contributed by atoms with van der Waals surface area (Å²) in [5, 5.41) is 0. The average molecular weight is 355 g/mol. The van der Waals surface area contributed by atoms with Crippen LogP contribution in [0, 0.1) is 5.92 Å². The minimum atomic E-state index is 0.542. The van der Waals surface area contributed by atoms with Crippen LogP contribution in [0.4, 0.5) is 0 Å². The zero-order valence-electron chi connectivity index (χ0n) is 16.7. The van der Waals surface area contributed by atoms with Gasteiger partial charge in [-0.15, -0.1) is 0 Å². The lowest BCUT2D eigenvalue weighted by atomic mass is 9.94. The summed E-state index contributed by atoms with van der Waals surface area (Å²) in [6, 6.07) is 0. The van der Waals surface area contributed by atoms with E-state index in [4.69, 9.17) is 4.74 Å². The van der Waals surface area contributed by atoms with Crippen molar-refractivity contribution >= 4 is 12.8 Å². The maximum Gasteiger partial charge on any atom is 0.293 e. The van der Waals surface area contributed by atoms with Gasteiger partial charge in [-0.25, -0.2) is 0 Å². The Morgan fingerprint density at radius 1 is 0.680 bits per heavy atom. The van der Waals surface area contributed by atoms with E-state index in [0.717, 1.165) is 12.7 Å². The number of ether oxygens (including phenoxy) is 1. The molecule has 0 saturated carbocycles. The molecule has 3 heteroatoms. The average Bonchev–Trinajstić information content (AvgIpc) is 2.63. The highest BCUT2D eigenvalue weighted by Gasteiger charge is 2.09. The second-order valence-corrected chi connectivity index (χ2v) is 7.42. The highest BCUT2D eigenvalue weighted by atomic mass is 16.5. The Hall–Kier alpha value is -0.860. The van der Waals surface area contributed by atoms with Gasteiger partial charge in [0.25, 0.3) is 6.47 Å². The van der Waals surface area contributed by atoms with Gasteiger partial charge in [0.15, 0.2) is 0 Å². The van der Waals surface area contributed by atoms with Crippen molar-refractivity contribution in [3.63, 3.8) is 0 Å². The van der Waals surface area contributed by atoms with Crippen molar-refractivity contribution in [3.8, 4) is 0 Å². The summed E-state index contributed by atoms with van der Waals surface area (Å²) in [4.78, 5) is 20.7. The Bertz CT molecular complexity index is 278. The van der Waals surface area contributed by atoms with E-state index in [0.29, 0.717) is 25.4 Å². The van der Waals surface area contributed by atoms with Gasteiger partial charge in [-0.1, -0.05) is 90.4 Å². The molecule has 0 N–H and O–H groups in total. The van der Waals surface area contributed by atoms with Gasteiger partial charge in [-0.3, -0.25) is 4.79 Å². The SMILES string of the molecule is CCCCCCCCCCC(CCCCCCCCC=O)COC=O. The largest absolute Gasteiger partial charge is 0.468 e. The molecule has 148 valence electrons. The fraction of sp³-hybridized carbons (Fsp3) is 0.909. The van der Waals surface area contributed by atoms with E-state index in [2.05, 4.69) is 6.92 Å². The summed E-state index contributed by atoms with van der Waals surface area (Å²) in [7, 11) is 0. The molecule has 25 heavy (non-hydrogen) atoms. The lowest BCUT2D eigenvalue weighted by molar-refractivity contribution is -0.130.